The van der Waals surface area contributed by atoms with Gasteiger partial charge in [0.25, 0.3) is 5.91 Å². The topological polar surface area (TPSA) is 84.5 Å². The summed E-state index contributed by atoms with van der Waals surface area (Å²) in [5, 5.41) is 7.54. The highest BCUT2D eigenvalue weighted by atomic mass is 16.5. The molecule has 4 rings (SSSR count). The first-order valence-electron chi connectivity index (χ1n) is 8.79. The van der Waals surface area contributed by atoms with Crippen LogP contribution < -0.4 is 0 Å². The van der Waals surface area contributed by atoms with E-state index in [1.54, 1.807) is 23.1 Å². The molecule has 27 heavy (non-hydrogen) atoms. The Morgan fingerprint density at radius 3 is 2.52 bits per heavy atom. The molecule has 0 radical (unpaired) electrons. The lowest BCUT2D eigenvalue weighted by Crippen LogP contribution is -2.44. The molecule has 0 aliphatic carbocycles. The van der Waals surface area contributed by atoms with Crippen LogP contribution in [-0.4, -0.2) is 53.3 Å². The van der Waals surface area contributed by atoms with E-state index < -0.39 is 12.1 Å². The zero-order valence-electron chi connectivity index (χ0n) is 14.6. The number of carbonyl (C=O) groups is 2. The van der Waals surface area contributed by atoms with E-state index in [1.807, 2.05) is 36.4 Å². The third kappa shape index (κ3) is 3.54. The Hall–Kier alpha value is -3.19. The van der Waals surface area contributed by atoms with Gasteiger partial charge in [0, 0.05) is 24.0 Å². The molecule has 1 aromatic heterocycles. The van der Waals surface area contributed by atoms with Gasteiger partial charge in [-0.1, -0.05) is 48.5 Å². The number of morpholine rings is 1. The number of nitrogens with one attached hydrogen (secondary N) is 1. The molecular formula is C20H19N3O4. The second kappa shape index (κ2) is 7.59. The number of carbonyl (C=O) groups excluding carboxylic acids is 2. The quantitative estimate of drug-likeness (QED) is 0.717. The van der Waals surface area contributed by atoms with Crippen LogP contribution in [0, 0.1) is 0 Å². The molecule has 1 atom stereocenters. The van der Waals surface area contributed by atoms with Crippen molar-refractivity contribution in [3.05, 3.63) is 65.9 Å². The molecule has 0 bridgehead atoms. The van der Waals surface area contributed by atoms with Crippen LogP contribution in [0.5, 0.6) is 0 Å². The molecule has 1 aliphatic heterocycles. The number of aromatic nitrogens is 2. The smallest absolute Gasteiger partial charge is 0.360 e. The summed E-state index contributed by atoms with van der Waals surface area (Å²) in [6.45, 7) is 1.91. The Kier molecular flexibility index (Phi) is 4.84. The van der Waals surface area contributed by atoms with Crippen LogP contribution in [0.1, 0.15) is 22.2 Å². The number of fused-ring (bicyclic) bond motifs is 1. The van der Waals surface area contributed by atoms with Crippen molar-refractivity contribution in [2.45, 2.75) is 6.10 Å². The van der Waals surface area contributed by atoms with Gasteiger partial charge in [-0.15, -0.1) is 0 Å². The van der Waals surface area contributed by atoms with E-state index in [4.69, 9.17) is 9.47 Å². The molecule has 7 nitrogen and oxygen atoms in total. The highest BCUT2D eigenvalue weighted by Gasteiger charge is 2.31. The lowest BCUT2D eigenvalue weighted by molar-refractivity contribution is -0.145. The van der Waals surface area contributed by atoms with E-state index in [-0.39, 0.29) is 11.6 Å². The molecule has 0 unspecified atom stereocenters. The first kappa shape index (κ1) is 17.2. The minimum atomic E-state index is -1.02. The van der Waals surface area contributed by atoms with Crippen LogP contribution in [0.15, 0.2) is 54.6 Å². The van der Waals surface area contributed by atoms with Crippen molar-refractivity contribution in [3.8, 4) is 0 Å². The van der Waals surface area contributed by atoms with Gasteiger partial charge in [-0.2, -0.15) is 5.10 Å². The summed E-state index contributed by atoms with van der Waals surface area (Å²) < 4.78 is 11.0. The lowest BCUT2D eigenvalue weighted by Gasteiger charge is -2.30. The van der Waals surface area contributed by atoms with Gasteiger partial charge < -0.3 is 14.4 Å². The van der Waals surface area contributed by atoms with Gasteiger partial charge in [-0.3, -0.25) is 9.89 Å². The number of benzene rings is 2. The second-order valence-corrected chi connectivity index (χ2v) is 6.25. The number of aromatic amines is 1. The Bertz CT molecular complexity index is 948. The zero-order valence-corrected chi connectivity index (χ0v) is 14.6. The van der Waals surface area contributed by atoms with Crippen molar-refractivity contribution in [2.75, 3.05) is 26.3 Å². The first-order valence-corrected chi connectivity index (χ1v) is 8.79. The molecule has 1 saturated heterocycles. The van der Waals surface area contributed by atoms with Gasteiger partial charge in [0.15, 0.2) is 5.69 Å². The molecular weight excluding hydrogens is 346 g/mol. The summed E-state index contributed by atoms with van der Waals surface area (Å²) in [7, 11) is 0. The van der Waals surface area contributed by atoms with Crippen LogP contribution >= 0.6 is 0 Å². The number of ether oxygens (including phenoxy) is 2. The SMILES string of the molecule is O=C(O[C@@H](C(=O)N1CCOCC1)c1ccccc1)c1n[nH]c2ccccc12. The van der Waals surface area contributed by atoms with Crippen molar-refractivity contribution in [1.29, 1.82) is 0 Å². The molecule has 0 saturated carbocycles. The minimum Gasteiger partial charge on any atom is -0.442 e. The fourth-order valence-corrected chi connectivity index (χ4v) is 3.12. The third-order valence-electron chi connectivity index (χ3n) is 4.54. The standard InChI is InChI=1S/C20H19N3O4/c24-19(23-10-12-26-13-11-23)18(14-6-2-1-3-7-14)27-20(25)17-15-8-4-5-9-16(15)21-22-17/h1-9,18H,10-13H2,(H,21,22)/t18-/m1/s1. The van der Waals surface area contributed by atoms with Gasteiger partial charge in [0.2, 0.25) is 6.10 Å². The van der Waals surface area contributed by atoms with Crippen LogP contribution in [0.3, 0.4) is 0 Å². The van der Waals surface area contributed by atoms with Crippen molar-refractivity contribution in [3.63, 3.8) is 0 Å². The minimum absolute atomic E-state index is 0.168. The molecule has 1 N–H and O–H groups in total. The Balaban J connectivity index is 1.62. The number of hydrogen-bond acceptors (Lipinski definition) is 5. The highest BCUT2D eigenvalue weighted by molar-refractivity contribution is 6.02. The normalized spacial score (nSPS) is 15.5. The highest BCUT2D eigenvalue weighted by Crippen LogP contribution is 2.24. The summed E-state index contributed by atoms with van der Waals surface area (Å²) in [6, 6.07) is 16.3. The van der Waals surface area contributed by atoms with E-state index in [0.29, 0.717) is 37.3 Å². The fraction of sp³-hybridized carbons (Fsp3) is 0.250. The first-order chi connectivity index (χ1) is 13.2. The Morgan fingerprint density at radius 2 is 1.74 bits per heavy atom. The van der Waals surface area contributed by atoms with Crippen molar-refractivity contribution in [1.82, 2.24) is 15.1 Å². The van der Waals surface area contributed by atoms with Crippen LogP contribution in [0.2, 0.25) is 0 Å². The second-order valence-electron chi connectivity index (χ2n) is 6.25. The predicted molar refractivity (Wildman–Crippen MR) is 98.1 cm³/mol. The Labute approximate surface area is 155 Å². The zero-order chi connectivity index (χ0) is 18.6. The number of para-hydroxylation sites is 1. The fourth-order valence-electron chi connectivity index (χ4n) is 3.12. The van der Waals surface area contributed by atoms with Crippen LogP contribution in [-0.2, 0) is 14.3 Å². The van der Waals surface area contributed by atoms with Crippen molar-refractivity contribution in [2.24, 2.45) is 0 Å². The van der Waals surface area contributed by atoms with E-state index in [1.165, 1.54) is 0 Å². The average molecular weight is 365 g/mol. The van der Waals surface area contributed by atoms with Crippen molar-refractivity contribution < 1.29 is 19.1 Å². The monoisotopic (exact) mass is 365 g/mol. The average Bonchev–Trinajstić information content (AvgIpc) is 3.17. The van der Waals surface area contributed by atoms with E-state index >= 15 is 0 Å². The molecule has 138 valence electrons. The molecule has 1 fully saturated rings. The number of H-pyrrole nitrogens is 1. The largest absolute Gasteiger partial charge is 0.442 e. The summed E-state index contributed by atoms with van der Waals surface area (Å²) in [5.41, 5.74) is 1.53. The van der Waals surface area contributed by atoms with Gasteiger partial charge in [0.05, 0.1) is 18.7 Å². The maximum absolute atomic E-state index is 13.0. The van der Waals surface area contributed by atoms with Gasteiger partial charge in [0.1, 0.15) is 0 Å². The summed E-state index contributed by atoms with van der Waals surface area (Å²) in [4.78, 5) is 27.5. The van der Waals surface area contributed by atoms with E-state index in [2.05, 4.69) is 10.2 Å². The molecule has 0 spiro atoms. The third-order valence-corrected chi connectivity index (χ3v) is 4.54. The van der Waals surface area contributed by atoms with E-state index in [9.17, 15) is 9.59 Å². The molecule has 3 aromatic rings. The lowest BCUT2D eigenvalue weighted by atomic mass is 10.1. The summed E-state index contributed by atoms with van der Waals surface area (Å²) in [6.07, 6.45) is -1.02. The molecule has 2 aromatic carbocycles. The van der Waals surface area contributed by atoms with Crippen molar-refractivity contribution >= 4 is 22.8 Å². The summed E-state index contributed by atoms with van der Waals surface area (Å²) in [5.74, 6) is -0.888. The van der Waals surface area contributed by atoms with E-state index in [0.717, 1.165) is 5.52 Å². The molecule has 7 heteroatoms. The van der Waals surface area contributed by atoms with Gasteiger partial charge >= 0.3 is 5.97 Å². The number of esters is 1. The molecule has 2 heterocycles. The number of hydrogen-bond donors (Lipinski definition) is 1. The van der Waals surface area contributed by atoms with Crippen LogP contribution in [0.25, 0.3) is 10.9 Å². The summed E-state index contributed by atoms with van der Waals surface area (Å²) >= 11 is 0. The van der Waals surface area contributed by atoms with Gasteiger partial charge in [-0.25, -0.2) is 4.79 Å². The maximum Gasteiger partial charge on any atom is 0.360 e. The number of rotatable bonds is 4. The molecule has 1 aliphatic rings. The number of amides is 1. The van der Waals surface area contributed by atoms with Crippen LogP contribution in [0.4, 0.5) is 0 Å². The predicted octanol–water partition coefficient (Wildman–Crippen LogP) is 2.32. The Morgan fingerprint density at radius 1 is 1.04 bits per heavy atom. The van der Waals surface area contributed by atoms with Gasteiger partial charge in [-0.05, 0) is 6.07 Å². The number of nitrogens with zero attached hydrogens (tertiary/aromatic N) is 2. The maximum atomic E-state index is 13.0. The molecule has 1 amide bonds.